The second-order valence-corrected chi connectivity index (χ2v) is 8.72. The Balaban J connectivity index is 2.68. The standard InChI is InChI=1S/C21H36O3S/c1-3-5-7-8-10-14-19(13-9-6-4-2)17-20-15-11-12-16-21(20)18-25(22,23)24/h11-12,15-16,19H,3-10,13-14,17-18H2,1-2H3,(H,22,23,24). The van der Waals surface area contributed by atoms with E-state index in [4.69, 9.17) is 0 Å². The van der Waals surface area contributed by atoms with Gasteiger partial charge in [0.1, 0.15) is 5.75 Å². The Morgan fingerprint density at radius 1 is 0.840 bits per heavy atom. The topological polar surface area (TPSA) is 54.4 Å². The molecule has 0 aliphatic carbocycles. The van der Waals surface area contributed by atoms with Crippen LogP contribution in [0.25, 0.3) is 0 Å². The molecular weight excluding hydrogens is 332 g/mol. The van der Waals surface area contributed by atoms with Gasteiger partial charge in [-0.3, -0.25) is 4.55 Å². The van der Waals surface area contributed by atoms with Gasteiger partial charge in [0.05, 0.1) is 0 Å². The molecule has 144 valence electrons. The summed E-state index contributed by atoms with van der Waals surface area (Å²) >= 11 is 0. The summed E-state index contributed by atoms with van der Waals surface area (Å²) in [6.45, 7) is 4.46. The van der Waals surface area contributed by atoms with Gasteiger partial charge in [-0.25, -0.2) is 0 Å². The molecule has 0 heterocycles. The average Bonchev–Trinajstić information content (AvgIpc) is 2.55. The zero-order valence-electron chi connectivity index (χ0n) is 16.0. The summed E-state index contributed by atoms with van der Waals surface area (Å²) in [7, 11) is -3.98. The molecule has 4 heteroatoms. The van der Waals surface area contributed by atoms with E-state index in [0.717, 1.165) is 17.5 Å². The molecule has 3 nitrogen and oxygen atoms in total. The minimum Gasteiger partial charge on any atom is -0.285 e. The second kappa shape index (κ2) is 12.5. The van der Waals surface area contributed by atoms with Crippen molar-refractivity contribution < 1.29 is 13.0 Å². The Labute approximate surface area is 155 Å². The zero-order valence-corrected chi connectivity index (χ0v) is 16.9. The molecule has 0 aliphatic rings. The molecule has 1 rings (SSSR count). The minimum atomic E-state index is -3.98. The van der Waals surface area contributed by atoms with E-state index in [2.05, 4.69) is 13.8 Å². The fraction of sp³-hybridized carbons (Fsp3) is 0.714. The van der Waals surface area contributed by atoms with Crippen molar-refractivity contribution in [3.8, 4) is 0 Å². The lowest BCUT2D eigenvalue weighted by molar-refractivity contribution is 0.404. The van der Waals surface area contributed by atoms with Crippen LogP contribution < -0.4 is 0 Å². The van der Waals surface area contributed by atoms with Crippen molar-refractivity contribution in [3.05, 3.63) is 35.4 Å². The highest BCUT2D eigenvalue weighted by Crippen LogP contribution is 2.25. The number of hydrogen-bond donors (Lipinski definition) is 1. The third kappa shape index (κ3) is 10.7. The lowest BCUT2D eigenvalue weighted by Gasteiger charge is -2.19. The van der Waals surface area contributed by atoms with E-state index in [9.17, 15) is 13.0 Å². The molecule has 0 aliphatic heterocycles. The molecule has 0 amide bonds. The Morgan fingerprint density at radius 2 is 1.36 bits per heavy atom. The van der Waals surface area contributed by atoms with Gasteiger partial charge in [-0.05, 0) is 23.5 Å². The highest BCUT2D eigenvalue weighted by molar-refractivity contribution is 7.85. The van der Waals surface area contributed by atoms with Crippen molar-refractivity contribution in [1.29, 1.82) is 0 Å². The Hall–Kier alpha value is -0.870. The van der Waals surface area contributed by atoms with E-state index >= 15 is 0 Å². The van der Waals surface area contributed by atoms with Gasteiger partial charge in [0.15, 0.2) is 0 Å². The predicted molar refractivity (Wildman–Crippen MR) is 106 cm³/mol. The fourth-order valence-electron chi connectivity index (χ4n) is 3.47. The highest BCUT2D eigenvalue weighted by atomic mass is 32.2. The van der Waals surface area contributed by atoms with Crippen LogP contribution in [-0.2, 0) is 22.3 Å². The van der Waals surface area contributed by atoms with Gasteiger partial charge in [-0.2, -0.15) is 8.42 Å². The normalized spacial score (nSPS) is 13.1. The Kier molecular flexibility index (Phi) is 11.1. The molecule has 0 aromatic heterocycles. The van der Waals surface area contributed by atoms with Crippen LogP contribution in [0.3, 0.4) is 0 Å². The van der Waals surface area contributed by atoms with E-state index in [1.54, 1.807) is 0 Å². The van der Waals surface area contributed by atoms with Crippen molar-refractivity contribution in [2.75, 3.05) is 0 Å². The first-order valence-corrected chi connectivity index (χ1v) is 11.6. The average molecular weight is 369 g/mol. The van der Waals surface area contributed by atoms with Gasteiger partial charge in [-0.1, -0.05) is 102 Å². The first-order valence-electron chi connectivity index (χ1n) is 9.98. The van der Waals surface area contributed by atoms with Crippen LogP contribution in [0, 0.1) is 5.92 Å². The molecule has 0 bridgehead atoms. The third-order valence-corrected chi connectivity index (χ3v) is 5.57. The summed E-state index contributed by atoms with van der Waals surface area (Å²) < 4.78 is 31.8. The summed E-state index contributed by atoms with van der Waals surface area (Å²) in [5.74, 6) is 0.331. The van der Waals surface area contributed by atoms with Gasteiger partial charge in [-0.15, -0.1) is 0 Å². The molecule has 0 saturated heterocycles. The number of benzene rings is 1. The molecule has 0 spiro atoms. The maximum absolute atomic E-state index is 11.3. The molecule has 0 saturated carbocycles. The number of rotatable bonds is 14. The van der Waals surface area contributed by atoms with Gasteiger partial charge in [0, 0.05) is 0 Å². The number of hydrogen-bond acceptors (Lipinski definition) is 2. The minimum absolute atomic E-state index is 0.276. The van der Waals surface area contributed by atoms with Crippen molar-refractivity contribution >= 4 is 10.1 Å². The first-order chi connectivity index (χ1) is 12.0. The second-order valence-electron chi connectivity index (χ2n) is 7.26. The van der Waals surface area contributed by atoms with Crippen LogP contribution in [0.4, 0.5) is 0 Å². The van der Waals surface area contributed by atoms with Crippen molar-refractivity contribution in [2.24, 2.45) is 5.92 Å². The van der Waals surface area contributed by atoms with Crippen LogP contribution in [-0.4, -0.2) is 13.0 Å². The first kappa shape index (κ1) is 22.2. The van der Waals surface area contributed by atoms with Crippen molar-refractivity contribution in [3.63, 3.8) is 0 Å². The van der Waals surface area contributed by atoms with E-state index in [1.165, 1.54) is 64.2 Å². The zero-order chi connectivity index (χ0) is 18.5. The molecule has 0 radical (unpaired) electrons. The predicted octanol–water partition coefficient (Wildman–Crippen LogP) is 6.17. The van der Waals surface area contributed by atoms with E-state index in [0.29, 0.717) is 5.92 Å². The van der Waals surface area contributed by atoms with Crippen LogP contribution >= 0.6 is 0 Å². The summed E-state index contributed by atoms with van der Waals surface area (Å²) in [5, 5.41) is 0. The third-order valence-electron chi connectivity index (χ3n) is 4.90. The summed E-state index contributed by atoms with van der Waals surface area (Å²) in [5.41, 5.74) is 1.83. The molecule has 1 atom stereocenters. The van der Waals surface area contributed by atoms with Crippen LogP contribution in [0.1, 0.15) is 89.2 Å². The smallest absolute Gasteiger partial charge is 0.269 e. The van der Waals surface area contributed by atoms with Crippen molar-refractivity contribution in [1.82, 2.24) is 0 Å². The van der Waals surface area contributed by atoms with Gasteiger partial charge < -0.3 is 0 Å². The quantitative estimate of drug-likeness (QED) is 0.315. The Bertz CT molecular complexity index is 566. The molecule has 1 unspecified atom stereocenters. The van der Waals surface area contributed by atoms with E-state index in [-0.39, 0.29) is 5.75 Å². The van der Waals surface area contributed by atoms with Crippen LogP contribution in [0.15, 0.2) is 24.3 Å². The summed E-state index contributed by atoms with van der Waals surface area (Å²) in [6.07, 6.45) is 13.5. The SMILES string of the molecule is CCCCCCCC(CCCCC)Cc1ccccc1CS(=O)(=O)O. The molecule has 25 heavy (non-hydrogen) atoms. The van der Waals surface area contributed by atoms with E-state index < -0.39 is 10.1 Å². The fourth-order valence-corrected chi connectivity index (χ4v) is 4.15. The molecule has 0 fully saturated rings. The maximum Gasteiger partial charge on any atom is 0.269 e. The lowest BCUT2D eigenvalue weighted by Crippen LogP contribution is -2.10. The number of unbranched alkanes of at least 4 members (excludes halogenated alkanes) is 6. The summed E-state index contributed by atoms with van der Waals surface area (Å²) in [6, 6.07) is 7.66. The van der Waals surface area contributed by atoms with Gasteiger partial charge in [0.2, 0.25) is 0 Å². The molecule has 1 aromatic carbocycles. The van der Waals surface area contributed by atoms with Crippen LogP contribution in [0.5, 0.6) is 0 Å². The van der Waals surface area contributed by atoms with Crippen molar-refractivity contribution in [2.45, 2.75) is 90.2 Å². The molecular formula is C21H36O3S. The molecule has 1 aromatic rings. The lowest BCUT2D eigenvalue weighted by atomic mass is 9.87. The maximum atomic E-state index is 11.3. The summed E-state index contributed by atoms with van der Waals surface area (Å²) in [4.78, 5) is 0. The van der Waals surface area contributed by atoms with E-state index in [1.807, 2.05) is 24.3 Å². The largest absolute Gasteiger partial charge is 0.285 e. The van der Waals surface area contributed by atoms with Crippen LogP contribution in [0.2, 0.25) is 0 Å². The molecule has 1 N–H and O–H groups in total. The van der Waals surface area contributed by atoms with Gasteiger partial charge in [0.25, 0.3) is 10.1 Å². The monoisotopic (exact) mass is 368 g/mol. The highest BCUT2D eigenvalue weighted by Gasteiger charge is 2.15. The Morgan fingerprint density at radius 3 is 1.96 bits per heavy atom. The van der Waals surface area contributed by atoms with Gasteiger partial charge >= 0.3 is 0 Å².